The van der Waals surface area contributed by atoms with Crippen LogP contribution in [-0.2, 0) is 0 Å². The average molecular weight is 332 g/mol. The molecule has 1 aromatic rings. The highest BCUT2D eigenvalue weighted by Gasteiger charge is 2.16. The van der Waals surface area contributed by atoms with Gasteiger partial charge in [-0.05, 0) is 44.2 Å². The van der Waals surface area contributed by atoms with Crippen molar-refractivity contribution >= 4 is 27.7 Å². The Bertz CT molecular complexity index is 384. The third-order valence-electron chi connectivity index (χ3n) is 2.94. The molecule has 0 saturated carbocycles. The van der Waals surface area contributed by atoms with Gasteiger partial charge in [-0.2, -0.15) is 0 Å². The van der Waals surface area contributed by atoms with Crippen LogP contribution in [0.3, 0.4) is 0 Å². The number of hydrogen-bond donors (Lipinski definition) is 2. The molecule has 1 aromatic carbocycles. The molecule has 102 valence electrons. The molecule has 2 N–H and O–H groups in total. The van der Waals surface area contributed by atoms with Crippen LogP contribution >= 0.6 is 27.7 Å². The molecule has 0 fully saturated rings. The molecule has 2 nitrogen and oxygen atoms in total. The van der Waals surface area contributed by atoms with Gasteiger partial charge < -0.3 is 10.4 Å². The average Bonchev–Trinajstić information content (AvgIpc) is 2.31. The maximum Gasteiger partial charge on any atom is 0.0631 e. The zero-order chi connectivity index (χ0) is 13.7. The van der Waals surface area contributed by atoms with Crippen molar-refractivity contribution in [1.29, 1.82) is 0 Å². The number of halogens is 1. The molecule has 0 aliphatic heterocycles. The van der Waals surface area contributed by atoms with Crippen LogP contribution in [0.2, 0.25) is 0 Å². The van der Waals surface area contributed by atoms with Gasteiger partial charge in [-0.3, -0.25) is 0 Å². The Kier molecular flexibility index (Phi) is 6.71. The summed E-state index contributed by atoms with van der Waals surface area (Å²) >= 11 is 5.25. The van der Waals surface area contributed by atoms with Gasteiger partial charge in [0.1, 0.15) is 0 Å². The van der Waals surface area contributed by atoms with Gasteiger partial charge in [0, 0.05) is 20.7 Å². The van der Waals surface area contributed by atoms with Gasteiger partial charge in [-0.25, -0.2) is 0 Å². The van der Waals surface area contributed by atoms with Crippen molar-refractivity contribution < 1.29 is 5.11 Å². The van der Waals surface area contributed by atoms with Crippen molar-refractivity contribution in [2.75, 3.05) is 6.54 Å². The number of benzene rings is 1. The van der Waals surface area contributed by atoms with Crippen LogP contribution < -0.4 is 5.32 Å². The zero-order valence-corrected chi connectivity index (χ0v) is 13.8. The third kappa shape index (κ3) is 4.57. The highest BCUT2D eigenvalue weighted by atomic mass is 79.9. The maximum absolute atomic E-state index is 9.62. The van der Waals surface area contributed by atoms with E-state index in [0.29, 0.717) is 6.04 Å². The monoisotopic (exact) mass is 331 g/mol. The fourth-order valence-corrected chi connectivity index (χ4v) is 3.17. The molecule has 1 rings (SSSR count). The van der Waals surface area contributed by atoms with Gasteiger partial charge in [0.15, 0.2) is 0 Å². The van der Waals surface area contributed by atoms with Crippen LogP contribution in [-0.4, -0.2) is 23.0 Å². The van der Waals surface area contributed by atoms with Crippen molar-refractivity contribution in [3.63, 3.8) is 0 Å². The van der Waals surface area contributed by atoms with E-state index in [0.717, 1.165) is 11.0 Å². The number of aliphatic hydroxyl groups excluding tert-OH is 1. The van der Waals surface area contributed by atoms with E-state index in [1.807, 2.05) is 6.92 Å². The first-order valence-electron chi connectivity index (χ1n) is 6.33. The predicted octanol–water partition coefficient (Wildman–Crippen LogP) is 3.98. The van der Waals surface area contributed by atoms with Gasteiger partial charge in [-0.15, -0.1) is 11.8 Å². The fourth-order valence-electron chi connectivity index (χ4n) is 1.68. The van der Waals surface area contributed by atoms with Crippen LogP contribution in [0.4, 0.5) is 0 Å². The summed E-state index contributed by atoms with van der Waals surface area (Å²) in [5, 5.41) is 13.3. The molecule has 0 amide bonds. The molecule has 3 atom stereocenters. The van der Waals surface area contributed by atoms with Crippen LogP contribution in [0.25, 0.3) is 0 Å². The number of aliphatic hydroxyl groups is 1. The Morgan fingerprint density at radius 3 is 2.56 bits per heavy atom. The van der Waals surface area contributed by atoms with Gasteiger partial charge in [0.25, 0.3) is 0 Å². The molecule has 0 radical (unpaired) electrons. The van der Waals surface area contributed by atoms with Crippen LogP contribution in [0.15, 0.2) is 27.6 Å². The first kappa shape index (κ1) is 16.0. The fraction of sp³-hybridized carbons (Fsp3) is 0.571. The zero-order valence-electron chi connectivity index (χ0n) is 11.4. The van der Waals surface area contributed by atoms with Gasteiger partial charge in [0.2, 0.25) is 0 Å². The molecule has 4 heteroatoms. The Hall–Kier alpha value is -0.0300. The number of thioether (sulfide) groups is 1. The minimum Gasteiger partial charge on any atom is -0.392 e. The van der Waals surface area contributed by atoms with Crippen LogP contribution in [0.1, 0.15) is 39.3 Å². The van der Waals surface area contributed by atoms with E-state index in [4.69, 9.17) is 0 Å². The molecule has 0 bridgehead atoms. The largest absolute Gasteiger partial charge is 0.392 e. The number of hydrogen-bond acceptors (Lipinski definition) is 3. The van der Waals surface area contributed by atoms with Crippen molar-refractivity contribution in [2.45, 2.75) is 50.0 Å². The van der Waals surface area contributed by atoms with Crippen molar-refractivity contribution in [3.8, 4) is 0 Å². The maximum atomic E-state index is 9.62. The van der Waals surface area contributed by atoms with Gasteiger partial charge >= 0.3 is 0 Å². The van der Waals surface area contributed by atoms with Crippen LogP contribution in [0.5, 0.6) is 0 Å². The lowest BCUT2D eigenvalue weighted by molar-refractivity contribution is 0.196. The summed E-state index contributed by atoms with van der Waals surface area (Å²) < 4.78 is 1.09. The second-order valence-electron chi connectivity index (χ2n) is 4.53. The molecule has 0 aromatic heterocycles. The predicted molar refractivity (Wildman–Crippen MR) is 83.2 cm³/mol. The van der Waals surface area contributed by atoms with E-state index in [1.54, 1.807) is 11.8 Å². The third-order valence-corrected chi connectivity index (χ3v) is 4.83. The molecule has 0 aliphatic rings. The topological polar surface area (TPSA) is 32.3 Å². The van der Waals surface area contributed by atoms with E-state index in [2.05, 4.69) is 60.2 Å². The Morgan fingerprint density at radius 2 is 2.00 bits per heavy atom. The van der Waals surface area contributed by atoms with Gasteiger partial charge in [-0.1, -0.05) is 29.8 Å². The molecular formula is C14H22BrNOS. The summed E-state index contributed by atoms with van der Waals surface area (Å²) in [6.07, 6.45) is -0.305. The van der Waals surface area contributed by atoms with Crippen molar-refractivity contribution in [2.24, 2.45) is 0 Å². The number of nitrogens with one attached hydrogen (secondary N) is 1. The minimum absolute atomic E-state index is 0.193. The minimum atomic E-state index is -0.305. The SMILES string of the molecule is CCNC(C)c1cc(Br)ccc1SC(C)C(C)O. The van der Waals surface area contributed by atoms with E-state index in [1.165, 1.54) is 10.5 Å². The molecular weight excluding hydrogens is 310 g/mol. The second-order valence-corrected chi connectivity index (χ2v) is 6.86. The van der Waals surface area contributed by atoms with Crippen molar-refractivity contribution in [1.82, 2.24) is 5.32 Å². The van der Waals surface area contributed by atoms with Gasteiger partial charge in [0.05, 0.1) is 6.10 Å². The summed E-state index contributed by atoms with van der Waals surface area (Å²) in [5.41, 5.74) is 1.28. The quantitative estimate of drug-likeness (QED) is 0.773. The van der Waals surface area contributed by atoms with E-state index in [-0.39, 0.29) is 11.4 Å². The Morgan fingerprint density at radius 1 is 1.33 bits per heavy atom. The normalized spacial score (nSPS) is 16.3. The highest BCUT2D eigenvalue weighted by Crippen LogP contribution is 2.33. The first-order chi connectivity index (χ1) is 8.45. The standard InChI is InChI=1S/C14H22BrNOS/c1-5-16-9(2)13-8-12(15)6-7-14(13)18-11(4)10(3)17/h6-11,16-17H,5H2,1-4H3. The van der Waals surface area contributed by atoms with E-state index in [9.17, 15) is 5.11 Å². The van der Waals surface area contributed by atoms with E-state index >= 15 is 0 Å². The Labute approximate surface area is 123 Å². The lowest BCUT2D eigenvalue weighted by Crippen LogP contribution is -2.19. The second kappa shape index (κ2) is 7.53. The number of rotatable bonds is 6. The summed E-state index contributed by atoms with van der Waals surface area (Å²) in [7, 11) is 0. The molecule has 0 heterocycles. The lowest BCUT2D eigenvalue weighted by Gasteiger charge is -2.20. The molecule has 0 aliphatic carbocycles. The lowest BCUT2D eigenvalue weighted by atomic mass is 10.1. The Balaban J connectivity index is 2.96. The smallest absolute Gasteiger partial charge is 0.0631 e. The summed E-state index contributed by atoms with van der Waals surface area (Å²) in [6, 6.07) is 6.65. The summed E-state index contributed by atoms with van der Waals surface area (Å²) in [6.45, 7) is 9.12. The first-order valence-corrected chi connectivity index (χ1v) is 8.00. The molecule has 0 saturated heterocycles. The highest BCUT2D eigenvalue weighted by molar-refractivity contribution is 9.10. The summed E-state index contributed by atoms with van der Waals surface area (Å²) in [4.78, 5) is 1.24. The summed E-state index contributed by atoms with van der Waals surface area (Å²) in [5.74, 6) is 0. The molecule has 3 unspecified atom stereocenters. The molecule has 0 spiro atoms. The van der Waals surface area contributed by atoms with E-state index < -0.39 is 0 Å². The molecule has 18 heavy (non-hydrogen) atoms. The van der Waals surface area contributed by atoms with Crippen molar-refractivity contribution in [3.05, 3.63) is 28.2 Å². The van der Waals surface area contributed by atoms with Crippen LogP contribution in [0, 0.1) is 0 Å².